The molecule has 5 heteroatoms. The Balaban J connectivity index is 1.44. The normalized spacial score (nSPS) is 22.3. The molecule has 120 valence electrons. The number of methoxy groups -OCH3 is 1. The molecule has 2 aromatic rings. The first-order valence-corrected chi connectivity index (χ1v) is 8.12. The van der Waals surface area contributed by atoms with Crippen molar-refractivity contribution >= 4 is 5.91 Å². The van der Waals surface area contributed by atoms with E-state index in [0.29, 0.717) is 13.1 Å². The number of aryl methyl sites for hydroxylation is 1. The molecule has 1 unspecified atom stereocenters. The molecule has 1 atom stereocenters. The van der Waals surface area contributed by atoms with Gasteiger partial charge >= 0.3 is 0 Å². The lowest BCUT2D eigenvalue weighted by atomic mass is 9.82. The first kappa shape index (κ1) is 14.5. The topological polar surface area (TPSA) is 58.2 Å². The number of nitrogens with one attached hydrogen (secondary N) is 1. The molecule has 0 bridgehead atoms. The zero-order valence-electron chi connectivity index (χ0n) is 13.3. The minimum absolute atomic E-state index is 0.0635. The van der Waals surface area contributed by atoms with E-state index < -0.39 is 0 Å². The molecule has 0 spiro atoms. The molecule has 1 aliphatic carbocycles. The Morgan fingerprint density at radius 2 is 2.13 bits per heavy atom. The second kappa shape index (κ2) is 5.49. The van der Waals surface area contributed by atoms with Crippen LogP contribution in [-0.4, -0.2) is 41.2 Å². The van der Waals surface area contributed by atoms with Crippen LogP contribution in [0.2, 0.25) is 0 Å². The summed E-state index contributed by atoms with van der Waals surface area (Å²) in [5, 5.41) is 7.11. The highest BCUT2D eigenvalue weighted by Crippen LogP contribution is 2.37. The molecular formula is C18H21N3O2. The Bertz CT molecular complexity index is 704. The number of amides is 1. The monoisotopic (exact) mass is 311 g/mol. The van der Waals surface area contributed by atoms with E-state index in [4.69, 9.17) is 4.74 Å². The summed E-state index contributed by atoms with van der Waals surface area (Å²) in [6.45, 7) is 1.28. The van der Waals surface area contributed by atoms with Gasteiger partial charge in [-0.25, -0.2) is 0 Å². The average Bonchev–Trinajstić information content (AvgIpc) is 3.03. The molecular weight excluding hydrogens is 290 g/mol. The number of nitrogens with zero attached hydrogens (tertiary/aromatic N) is 2. The number of likely N-dealkylation sites (tertiary alicyclic amines) is 1. The van der Waals surface area contributed by atoms with Crippen molar-refractivity contribution in [2.45, 2.75) is 24.9 Å². The van der Waals surface area contributed by atoms with Crippen molar-refractivity contribution in [1.29, 1.82) is 0 Å². The largest absolute Gasteiger partial charge is 0.370 e. The summed E-state index contributed by atoms with van der Waals surface area (Å²) in [5.74, 6) is 0.308. The van der Waals surface area contributed by atoms with Crippen molar-refractivity contribution in [1.82, 2.24) is 15.1 Å². The number of hydrogen-bond acceptors (Lipinski definition) is 3. The van der Waals surface area contributed by atoms with Gasteiger partial charge in [0, 0.05) is 25.1 Å². The average molecular weight is 311 g/mol. The molecule has 1 aromatic heterocycles. The molecule has 1 fully saturated rings. The van der Waals surface area contributed by atoms with E-state index in [-0.39, 0.29) is 17.4 Å². The fourth-order valence-corrected chi connectivity index (χ4v) is 3.77. The number of aromatic amines is 1. The number of benzene rings is 1. The quantitative estimate of drug-likeness (QED) is 0.942. The van der Waals surface area contributed by atoms with Gasteiger partial charge < -0.3 is 9.64 Å². The fraction of sp³-hybridized carbons (Fsp3) is 0.444. The maximum absolute atomic E-state index is 12.8. The number of hydrogen-bond donors (Lipinski definition) is 1. The van der Waals surface area contributed by atoms with Gasteiger partial charge in [-0.05, 0) is 24.0 Å². The summed E-state index contributed by atoms with van der Waals surface area (Å²) in [5.41, 5.74) is 3.18. The second-order valence-electron chi connectivity index (χ2n) is 6.57. The van der Waals surface area contributed by atoms with Crippen molar-refractivity contribution in [2.75, 3.05) is 20.2 Å². The van der Waals surface area contributed by atoms with Gasteiger partial charge in [0.25, 0.3) is 0 Å². The molecule has 2 heterocycles. The summed E-state index contributed by atoms with van der Waals surface area (Å²) >= 11 is 0. The summed E-state index contributed by atoms with van der Waals surface area (Å²) in [4.78, 5) is 14.7. The lowest BCUT2D eigenvalue weighted by molar-refractivity contribution is -0.168. The Morgan fingerprint density at radius 1 is 1.35 bits per heavy atom. The van der Waals surface area contributed by atoms with Gasteiger partial charge in [0.15, 0.2) is 0 Å². The molecule has 4 rings (SSSR count). The lowest BCUT2D eigenvalue weighted by Gasteiger charge is -2.50. The number of H-pyrrole nitrogens is 1. The molecule has 23 heavy (non-hydrogen) atoms. The van der Waals surface area contributed by atoms with Gasteiger partial charge in [-0.3, -0.25) is 9.89 Å². The van der Waals surface area contributed by atoms with Crippen LogP contribution >= 0.6 is 0 Å². The van der Waals surface area contributed by atoms with E-state index in [1.807, 2.05) is 29.3 Å². The highest BCUT2D eigenvalue weighted by Gasteiger charge is 2.48. The minimum Gasteiger partial charge on any atom is -0.370 e. The summed E-state index contributed by atoms with van der Waals surface area (Å²) in [6.07, 6.45) is 4.50. The highest BCUT2D eigenvalue weighted by molar-refractivity contribution is 5.80. The maximum atomic E-state index is 12.8. The number of carbonyl (C=O) groups excluding carboxylic acids is 1. The summed E-state index contributed by atoms with van der Waals surface area (Å²) in [7, 11) is 1.73. The first-order chi connectivity index (χ1) is 11.2. The van der Waals surface area contributed by atoms with E-state index in [9.17, 15) is 4.79 Å². The van der Waals surface area contributed by atoms with Gasteiger partial charge in [0.05, 0.1) is 19.3 Å². The Morgan fingerprint density at radius 3 is 2.87 bits per heavy atom. The van der Waals surface area contributed by atoms with Crippen molar-refractivity contribution in [3.63, 3.8) is 0 Å². The van der Waals surface area contributed by atoms with Crippen LogP contribution in [0.5, 0.6) is 0 Å². The summed E-state index contributed by atoms with van der Waals surface area (Å²) in [6, 6.07) is 10.2. The second-order valence-corrected chi connectivity index (χ2v) is 6.57. The zero-order chi connectivity index (χ0) is 15.9. The molecule has 2 aliphatic rings. The van der Waals surface area contributed by atoms with Crippen molar-refractivity contribution < 1.29 is 9.53 Å². The van der Waals surface area contributed by atoms with Crippen LogP contribution in [0, 0.1) is 5.92 Å². The van der Waals surface area contributed by atoms with Gasteiger partial charge in [-0.2, -0.15) is 5.10 Å². The predicted molar refractivity (Wildman–Crippen MR) is 85.8 cm³/mol. The summed E-state index contributed by atoms with van der Waals surface area (Å²) < 4.78 is 5.76. The number of fused-ring (bicyclic) bond motifs is 1. The third-order valence-corrected chi connectivity index (χ3v) is 5.26. The van der Waals surface area contributed by atoms with Crippen LogP contribution in [0.25, 0.3) is 0 Å². The molecule has 1 amide bonds. The van der Waals surface area contributed by atoms with Gasteiger partial charge in [-0.1, -0.05) is 30.3 Å². The Kier molecular flexibility index (Phi) is 3.45. The Labute approximate surface area is 135 Å². The van der Waals surface area contributed by atoms with Crippen LogP contribution in [0.1, 0.15) is 23.2 Å². The Hall–Kier alpha value is -2.14. The van der Waals surface area contributed by atoms with Crippen LogP contribution in [0.15, 0.2) is 36.5 Å². The number of ether oxygens (including phenoxy) is 1. The third-order valence-electron chi connectivity index (χ3n) is 5.26. The zero-order valence-corrected chi connectivity index (χ0v) is 13.3. The van der Waals surface area contributed by atoms with E-state index in [2.05, 4.69) is 22.3 Å². The minimum atomic E-state index is -0.343. The molecule has 1 N–H and O–H groups in total. The van der Waals surface area contributed by atoms with Crippen LogP contribution < -0.4 is 0 Å². The van der Waals surface area contributed by atoms with Crippen LogP contribution in [0.4, 0.5) is 0 Å². The number of aromatic nitrogens is 2. The lowest BCUT2D eigenvalue weighted by Crippen LogP contribution is -2.63. The highest BCUT2D eigenvalue weighted by atomic mass is 16.5. The van der Waals surface area contributed by atoms with Crippen LogP contribution in [0.3, 0.4) is 0 Å². The van der Waals surface area contributed by atoms with Crippen molar-refractivity contribution in [3.05, 3.63) is 53.3 Å². The van der Waals surface area contributed by atoms with Crippen molar-refractivity contribution in [2.24, 2.45) is 5.92 Å². The first-order valence-electron chi connectivity index (χ1n) is 8.12. The molecule has 1 aromatic carbocycles. The van der Waals surface area contributed by atoms with E-state index in [0.717, 1.165) is 30.5 Å². The molecule has 0 saturated carbocycles. The SMILES string of the molecule is COC1(c2ccccc2)CN(C(=O)C2CCc3cn[nH]c3C2)C1. The number of rotatable bonds is 3. The van der Waals surface area contributed by atoms with Gasteiger partial charge in [-0.15, -0.1) is 0 Å². The molecule has 0 radical (unpaired) electrons. The molecule has 1 saturated heterocycles. The van der Waals surface area contributed by atoms with E-state index in [1.165, 1.54) is 5.56 Å². The predicted octanol–water partition coefficient (Wildman–Crippen LogP) is 1.90. The molecule has 1 aliphatic heterocycles. The fourth-order valence-electron chi connectivity index (χ4n) is 3.77. The number of carbonyl (C=O) groups is 1. The van der Waals surface area contributed by atoms with Crippen molar-refractivity contribution in [3.8, 4) is 0 Å². The molecule has 5 nitrogen and oxygen atoms in total. The van der Waals surface area contributed by atoms with E-state index >= 15 is 0 Å². The maximum Gasteiger partial charge on any atom is 0.226 e. The smallest absolute Gasteiger partial charge is 0.226 e. The van der Waals surface area contributed by atoms with Gasteiger partial charge in [0.1, 0.15) is 5.60 Å². The van der Waals surface area contributed by atoms with E-state index in [1.54, 1.807) is 7.11 Å². The van der Waals surface area contributed by atoms with Crippen LogP contribution in [-0.2, 0) is 28.0 Å². The van der Waals surface area contributed by atoms with Gasteiger partial charge in [0.2, 0.25) is 5.91 Å². The standard InChI is InChI=1S/C18H21N3O2/c1-23-18(15-5-3-2-4-6-15)11-21(12-18)17(22)13-7-8-14-10-19-20-16(14)9-13/h2-6,10,13H,7-9,11-12H2,1H3,(H,19,20). The third kappa shape index (κ3) is 2.36.